The first kappa shape index (κ1) is 36.9. The van der Waals surface area contributed by atoms with E-state index in [4.69, 9.17) is 4.42 Å². The van der Waals surface area contributed by atoms with Crippen molar-refractivity contribution in [2.75, 3.05) is 4.90 Å². The van der Waals surface area contributed by atoms with Crippen LogP contribution in [0.1, 0.15) is 0 Å². The lowest BCUT2D eigenvalue weighted by Gasteiger charge is -2.28. The Morgan fingerprint density at radius 3 is 1.55 bits per heavy atom. The molecule has 0 unspecified atom stereocenters. The fourth-order valence-electron chi connectivity index (χ4n) is 10.2. The second kappa shape index (κ2) is 15.0. The van der Waals surface area contributed by atoms with E-state index in [1.54, 1.807) is 0 Å². The third-order valence-corrected chi connectivity index (χ3v) is 13.2. The zero-order chi connectivity index (χ0) is 42.8. The number of fused-ring (bicyclic) bond motifs is 9. The van der Waals surface area contributed by atoms with Gasteiger partial charge in [-0.1, -0.05) is 188 Å². The van der Waals surface area contributed by atoms with Crippen LogP contribution in [-0.4, -0.2) is 4.57 Å². The molecule has 0 bridgehead atoms. The van der Waals surface area contributed by atoms with Crippen molar-refractivity contribution in [2.45, 2.75) is 0 Å². The molecule has 0 N–H and O–H groups in total. The van der Waals surface area contributed by atoms with Crippen LogP contribution in [0.4, 0.5) is 17.1 Å². The van der Waals surface area contributed by atoms with E-state index in [-0.39, 0.29) is 0 Å². The van der Waals surface area contributed by atoms with Gasteiger partial charge in [-0.25, -0.2) is 0 Å². The van der Waals surface area contributed by atoms with E-state index in [1.165, 1.54) is 60.1 Å². The Labute approximate surface area is 376 Å². The summed E-state index contributed by atoms with van der Waals surface area (Å²) in [4.78, 5) is 2.45. The Balaban J connectivity index is 1.12. The summed E-state index contributed by atoms with van der Waals surface area (Å²) in [6.07, 6.45) is 0. The summed E-state index contributed by atoms with van der Waals surface area (Å²) in [6, 6.07) is 87.7. The SMILES string of the molecule is c1ccc(-c2ccc(N(c3ccc4c5c(-c6ccccc6)c6c(cc5n(-c5ccc(-c7ccccc7)cc5)c4c3)oc3ccccc36)c3cc4ccccc4c4ccccc34)cc2)cc1. The number of anilines is 3. The Kier molecular flexibility index (Phi) is 8.53. The Bertz CT molecular complexity index is 3910. The van der Waals surface area contributed by atoms with E-state index in [1.807, 2.05) is 0 Å². The molecule has 3 nitrogen and oxygen atoms in total. The maximum atomic E-state index is 6.76. The van der Waals surface area contributed by atoms with Gasteiger partial charge < -0.3 is 13.9 Å². The fraction of sp³-hybridized carbons (Fsp3) is 0. The molecule has 0 saturated carbocycles. The molecule has 0 radical (unpaired) electrons. The summed E-state index contributed by atoms with van der Waals surface area (Å²) in [6.45, 7) is 0. The van der Waals surface area contributed by atoms with E-state index in [0.717, 1.165) is 61.3 Å². The number of para-hydroxylation sites is 1. The average Bonchev–Trinajstić information content (AvgIpc) is 3.92. The molecule has 0 aliphatic carbocycles. The molecule has 11 aromatic carbocycles. The highest BCUT2D eigenvalue weighted by atomic mass is 16.3. The van der Waals surface area contributed by atoms with Crippen LogP contribution in [0.15, 0.2) is 247 Å². The lowest BCUT2D eigenvalue weighted by atomic mass is 9.94. The van der Waals surface area contributed by atoms with E-state index >= 15 is 0 Å². The zero-order valence-corrected chi connectivity index (χ0v) is 35.4. The summed E-state index contributed by atoms with van der Waals surface area (Å²) >= 11 is 0. The predicted molar refractivity (Wildman–Crippen MR) is 274 cm³/mol. The van der Waals surface area contributed by atoms with Crippen LogP contribution in [0, 0.1) is 0 Å². The highest BCUT2D eigenvalue weighted by molar-refractivity contribution is 6.27. The maximum absolute atomic E-state index is 6.76. The van der Waals surface area contributed by atoms with Crippen molar-refractivity contribution in [3.63, 3.8) is 0 Å². The number of nitrogens with zero attached hydrogens (tertiary/aromatic N) is 2. The van der Waals surface area contributed by atoms with E-state index in [2.05, 4.69) is 252 Å². The van der Waals surface area contributed by atoms with Gasteiger partial charge in [0.05, 0.1) is 16.7 Å². The molecule has 0 saturated heterocycles. The van der Waals surface area contributed by atoms with Gasteiger partial charge in [-0.3, -0.25) is 0 Å². The number of hydrogen-bond donors (Lipinski definition) is 0. The standard InChI is InChI=1S/C62H40N2O/c1-4-16-41(17-5-1)43-28-32-47(33-29-43)63(55-38-46-22-10-11-23-50(46)51-24-12-13-25-52(51)55)49-36-37-53-56(39-49)64(48-34-30-44(31-35-48)42-18-6-2-7-19-42)57-40-59-62(54-26-14-15-27-58(54)65-59)60(61(53)57)45-20-8-3-9-21-45/h1-40H. The maximum Gasteiger partial charge on any atom is 0.138 e. The summed E-state index contributed by atoms with van der Waals surface area (Å²) in [5, 5.41) is 9.46. The van der Waals surface area contributed by atoms with Gasteiger partial charge in [0.25, 0.3) is 0 Å². The molecule has 0 aliphatic rings. The first-order chi connectivity index (χ1) is 32.2. The predicted octanol–water partition coefficient (Wildman–Crippen LogP) is 17.5. The molecule has 0 amide bonds. The average molecular weight is 829 g/mol. The molecule has 2 heterocycles. The Morgan fingerprint density at radius 2 is 0.862 bits per heavy atom. The molecular weight excluding hydrogens is 789 g/mol. The molecule has 2 aromatic heterocycles. The third-order valence-electron chi connectivity index (χ3n) is 13.2. The van der Waals surface area contributed by atoms with E-state index < -0.39 is 0 Å². The highest BCUT2D eigenvalue weighted by Gasteiger charge is 2.25. The number of rotatable bonds is 7. The van der Waals surface area contributed by atoms with Gasteiger partial charge >= 0.3 is 0 Å². The van der Waals surface area contributed by atoms with Crippen molar-refractivity contribution in [1.29, 1.82) is 0 Å². The molecule has 0 fully saturated rings. The molecule has 0 aliphatic heterocycles. The monoisotopic (exact) mass is 828 g/mol. The molecule has 3 heteroatoms. The van der Waals surface area contributed by atoms with Gasteiger partial charge in [-0.15, -0.1) is 0 Å². The molecule has 13 aromatic rings. The Hall–Kier alpha value is -8.66. The van der Waals surface area contributed by atoms with Crippen molar-refractivity contribution in [2.24, 2.45) is 0 Å². The second-order valence-corrected chi connectivity index (χ2v) is 16.8. The summed E-state index contributed by atoms with van der Waals surface area (Å²) in [5.74, 6) is 0. The Morgan fingerprint density at radius 1 is 0.323 bits per heavy atom. The normalized spacial score (nSPS) is 11.7. The van der Waals surface area contributed by atoms with Crippen molar-refractivity contribution >= 4 is 82.4 Å². The molecule has 65 heavy (non-hydrogen) atoms. The number of aromatic nitrogens is 1. The topological polar surface area (TPSA) is 21.3 Å². The van der Waals surface area contributed by atoms with Crippen molar-refractivity contribution in [3.05, 3.63) is 243 Å². The van der Waals surface area contributed by atoms with E-state index in [9.17, 15) is 0 Å². The number of hydrogen-bond acceptors (Lipinski definition) is 2. The van der Waals surface area contributed by atoms with Gasteiger partial charge in [0.2, 0.25) is 0 Å². The minimum atomic E-state index is 0.866. The van der Waals surface area contributed by atoms with Crippen molar-refractivity contribution in [3.8, 4) is 39.1 Å². The third kappa shape index (κ3) is 6.05. The minimum absolute atomic E-state index is 0.866. The van der Waals surface area contributed by atoms with E-state index in [0.29, 0.717) is 0 Å². The lowest BCUT2D eigenvalue weighted by molar-refractivity contribution is 0.669. The molecule has 13 rings (SSSR count). The van der Waals surface area contributed by atoms with Gasteiger partial charge in [0.15, 0.2) is 0 Å². The van der Waals surface area contributed by atoms with Gasteiger partial charge in [-0.2, -0.15) is 0 Å². The van der Waals surface area contributed by atoms with Crippen LogP contribution in [0.3, 0.4) is 0 Å². The molecule has 304 valence electrons. The van der Waals surface area contributed by atoms with Crippen LogP contribution < -0.4 is 4.90 Å². The highest BCUT2D eigenvalue weighted by Crippen LogP contribution is 2.49. The molecule has 0 spiro atoms. The largest absolute Gasteiger partial charge is 0.456 e. The molecular formula is C62H40N2O. The van der Waals surface area contributed by atoms with Gasteiger partial charge in [0.1, 0.15) is 11.2 Å². The van der Waals surface area contributed by atoms with Crippen LogP contribution >= 0.6 is 0 Å². The van der Waals surface area contributed by atoms with Crippen LogP contribution in [0.25, 0.3) is 104 Å². The summed E-state index contributed by atoms with van der Waals surface area (Å²) < 4.78 is 9.20. The second-order valence-electron chi connectivity index (χ2n) is 16.8. The first-order valence-electron chi connectivity index (χ1n) is 22.2. The lowest BCUT2D eigenvalue weighted by Crippen LogP contribution is -2.11. The van der Waals surface area contributed by atoms with Gasteiger partial charge in [-0.05, 0) is 92.5 Å². The van der Waals surface area contributed by atoms with Crippen molar-refractivity contribution < 1.29 is 4.42 Å². The van der Waals surface area contributed by atoms with Gasteiger partial charge in [0, 0.05) is 55.6 Å². The summed E-state index contributed by atoms with van der Waals surface area (Å²) in [7, 11) is 0. The van der Waals surface area contributed by atoms with Crippen LogP contribution in [0.5, 0.6) is 0 Å². The minimum Gasteiger partial charge on any atom is -0.456 e. The fourth-order valence-corrected chi connectivity index (χ4v) is 10.2. The number of furan rings is 1. The first-order valence-corrected chi connectivity index (χ1v) is 22.2. The van der Waals surface area contributed by atoms with Crippen molar-refractivity contribution in [1.82, 2.24) is 4.57 Å². The van der Waals surface area contributed by atoms with Crippen LogP contribution in [-0.2, 0) is 0 Å². The molecule has 0 atom stereocenters. The van der Waals surface area contributed by atoms with Crippen LogP contribution in [0.2, 0.25) is 0 Å². The smallest absolute Gasteiger partial charge is 0.138 e. The number of benzene rings is 11. The quantitative estimate of drug-likeness (QED) is 0.149. The summed E-state index contributed by atoms with van der Waals surface area (Å²) in [5.41, 5.74) is 15.3. The zero-order valence-electron chi connectivity index (χ0n) is 35.4.